The second-order valence-electron chi connectivity index (χ2n) is 8.45. The predicted octanol–water partition coefficient (Wildman–Crippen LogP) is 5.23. The van der Waals surface area contributed by atoms with Crippen LogP contribution in [0.2, 0.25) is 0 Å². The maximum absolute atomic E-state index is 6.40. The summed E-state index contributed by atoms with van der Waals surface area (Å²) in [6.45, 7) is 8.76. The van der Waals surface area contributed by atoms with E-state index in [0.29, 0.717) is 6.61 Å². The van der Waals surface area contributed by atoms with E-state index < -0.39 is 18.3 Å². The molecule has 4 rings (SSSR count). The topological polar surface area (TPSA) is 27.7 Å². The van der Waals surface area contributed by atoms with Gasteiger partial charge in [0.15, 0.2) is 0 Å². The average molecular weight is 386 g/mol. The minimum Gasteiger partial charge on any atom is -0.489 e. The fourth-order valence-electron chi connectivity index (χ4n) is 3.45. The maximum Gasteiger partial charge on any atom is 0.498 e. The molecular formula is C25H27BO3. The lowest BCUT2D eigenvalue weighted by atomic mass is 9.77. The molecule has 1 aliphatic heterocycles. The smallest absolute Gasteiger partial charge is 0.489 e. The predicted molar refractivity (Wildman–Crippen MR) is 118 cm³/mol. The van der Waals surface area contributed by atoms with Crippen molar-refractivity contribution in [3.63, 3.8) is 0 Å². The molecule has 29 heavy (non-hydrogen) atoms. The highest BCUT2D eigenvalue weighted by atomic mass is 16.7. The van der Waals surface area contributed by atoms with Crippen LogP contribution in [0.1, 0.15) is 33.3 Å². The van der Waals surface area contributed by atoms with E-state index >= 15 is 0 Å². The Hall–Kier alpha value is -2.56. The van der Waals surface area contributed by atoms with E-state index in [1.54, 1.807) is 0 Å². The summed E-state index contributed by atoms with van der Waals surface area (Å²) < 4.78 is 19.1. The normalized spacial score (nSPS) is 17.3. The summed E-state index contributed by atoms with van der Waals surface area (Å²) in [5, 5.41) is 0. The number of benzene rings is 3. The highest BCUT2D eigenvalue weighted by Gasteiger charge is 2.52. The Kier molecular flexibility index (Phi) is 5.24. The van der Waals surface area contributed by atoms with Crippen molar-refractivity contribution in [2.75, 3.05) is 0 Å². The zero-order valence-electron chi connectivity index (χ0n) is 17.5. The van der Waals surface area contributed by atoms with Crippen LogP contribution in [0.25, 0.3) is 11.1 Å². The minimum atomic E-state index is -0.477. The third kappa shape index (κ3) is 3.96. The lowest BCUT2D eigenvalue weighted by molar-refractivity contribution is 0.00578. The van der Waals surface area contributed by atoms with Crippen molar-refractivity contribution in [1.29, 1.82) is 0 Å². The van der Waals surface area contributed by atoms with Gasteiger partial charge in [-0.3, -0.25) is 0 Å². The van der Waals surface area contributed by atoms with Gasteiger partial charge in [0, 0.05) is 11.0 Å². The van der Waals surface area contributed by atoms with Crippen molar-refractivity contribution in [2.24, 2.45) is 0 Å². The van der Waals surface area contributed by atoms with Crippen LogP contribution in [-0.4, -0.2) is 18.3 Å². The highest BCUT2D eigenvalue weighted by Crippen LogP contribution is 2.38. The third-order valence-corrected chi connectivity index (χ3v) is 5.86. The maximum atomic E-state index is 6.40. The molecule has 0 radical (unpaired) electrons. The van der Waals surface area contributed by atoms with E-state index in [1.165, 1.54) is 0 Å². The van der Waals surface area contributed by atoms with Crippen LogP contribution >= 0.6 is 0 Å². The van der Waals surface area contributed by atoms with Gasteiger partial charge in [0.25, 0.3) is 0 Å². The molecule has 1 heterocycles. The Labute approximate surface area is 173 Å². The van der Waals surface area contributed by atoms with Gasteiger partial charge < -0.3 is 14.0 Å². The number of hydrogen-bond donors (Lipinski definition) is 0. The van der Waals surface area contributed by atoms with Gasteiger partial charge in [-0.1, -0.05) is 78.9 Å². The van der Waals surface area contributed by atoms with Gasteiger partial charge in [0.2, 0.25) is 0 Å². The molecule has 148 valence electrons. The first kappa shape index (κ1) is 19.7. The lowest BCUT2D eigenvalue weighted by Crippen LogP contribution is -2.41. The molecular weight excluding hydrogens is 359 g/mol. The molecule has 0 saturated carbocycles. The Morgan fingerprint density at radius 1 is 0.724 bits per heavy atom. The molecule has 0 amide bonds. The zero-order chi connectivity index (χ0) is 20.5. The van der Waals surface area contributed by atoms with Crippen LogP contribution < -0.4 is 10.2 Å². The molecule has 3 aromatic rings. The van der Waals surface area contributed by atoms with Crippen LogP contribution in [0.5, 0.6) is 5.75 Å². The Bertz CT molecular complexity index is 952. The number of rotatable bonds is 5. The first-order valence-electron chi connectivity index (χ1n) is 10.1. The van der Waals surface area contributed by atoms with Crippen molar-refractivity contribution >= 4 is 12.6 Å². The average Bonchev–Trinajstić information content (AvgIpc) is 2.94. The summed E-state index contributed by atoms with van der Waals surface area (Å²) in [5.74, 6) is 0.807. The van der Waals surface area contributed by atoms with Crippen LogP contribution in [0.15, 0.2) is 78.9 Å². The molecule has 0 bridgehead atoms. The van der Waals surface area contributed by atoms with E-state index in [9.17, 15) is 0 Å². The number of ether oxygens (including phenoxy) is 1. The number of para-hydroxylation sites is 1. The Balaban J connectivity index is 1.75. The van der Waals surface area contributed by atoms with Crippen LogP contribution in [0, 0.1) is 0 Å². The van der Waals surface area contributed by atoms with Crippen molar-refractivity contribution in [3.05, 3.63) is 84.4 Å². The molecule has 0 atom stereocenters. The first-order chi connectivity index (χ1) is 13.9. The first-order valence-corrected chi connectivity index (χ1v) is 10.1. The van der Waals surface area contributed by atoms with Gasteiger partial charge in [0.1, 0.15) is 12.4 Å². The highest BCUT2D eigenvalue weighted by molar-refractivity contribution is 6.63. The molecule has 0 N–H and O–H groups in total. The molecule has 3 nitrogen and oxygen atoms in total. The molecule has 0 spiro atoms. The van der Waals surface area contributed by atoms with Gasteiger partial charge in [-0.2, -0.15) is 0 Å². The molecule has 4 heteroatoms. The quantitative estimate of drug-likeness (QED) is 0.562. The van der Waals surface area contributed by atoms with Crippen molar-refractivity contribution in [3.8, 4) is 16.9 Å². The molecule has 1 aliphatic rings. The van der Waals surface area contributed by atoms with Crippen molar-refractivity contribution < 1.29 is 14.0 Å². The van der Waals surface area contributed by atoms with Gasteiger partial charge in [-0.05, 0) is 38.8 Å². The largest absolute Gasteiger partial charge is 0.498 e. The van der Waals surface area contributed by atoms with E-state index in [-0.39, 0.29) is 0 Å². The standard InChI is InChI=1S/C25H27BO3/c1-24(2)25(3,4)29-26(28-24)22-17-11-16-21(20-14-9-6-10-15-20)23(22)27-18-19-12-7-5-8-13-19/h5-17H,18H2,1-4H3. The summed E-state index contributed by atoms with van der Waals surface area (Å²) >= 11 is 0. The zero-order valence-corrected chi connectivity index (χ0v) is 17.5. The molecule has 1 fully saturated rings. The van der Waals surface area contributed by atoms with Gasteiger partial charge in [0.05, 0.1) is 11.2 Å². The van der Waals surface area contributed by atoms with Gasteiger partial charge in [-0.15, -0.1) is 0 Å². The second kappa shape index (κ2) is 7.70. The SMILES string of the molecule is CC1(C)OB(c2cccc(-c3ccccc3)c2OCc2ccccc2)OC1(C)C. The summed E-state index contributed by atoms with van der Waals surface area (Å²) in [6, 6.07) is 26.7. The van der Waals surface area contributed by atoms with Crippen molar-refractivity contribution in [1.82, 2.24) is 0 Å². The van der Waals surface area contributed by atoms with Crippen LogP contribution in [0.4, 0.5) is 0 Å². The van der Waals surface area contributed by atoms with E-state index in [0.717, 1.165) is 27.9 Å². The monoisotopic (exact) mass is 386 g/mol. The fraction of sp³-hybridized carbons (Fsp3) is 0.280. The van der Waals surface area contributed by atoms with Crippen LogP contribution in [-0.2, 0) is 15.9 Å². The summed E-state index contributed by atoms with van der Waals surface area (Å²) in [4.78, 5) is 0. The van der Waals surface area contributed by atoms with E-state index in [1.807, 2.05) is 48.5 Å². The fourth-order valence-corrected chi connectivity index (χ4v) is 3.45. The Morgan fingerprint density at radius 3 is 1.93 bits per heavy atom. The third-order valence-electron chi connectivity index (χ3n) is 5.86. The Morgan fingerprint density at radius 2 is 1.31 bits per heavy atom. The molecule has 0 unspecified atom stereocenters. The van der Waals surface area contributed by atoms with Crippen LogP contribution in [0.3, 0.4) is 0 Å². The minimum absolute atomic E-state index is 0.406. The summed E-state index contributed by atoms with van der Waals surface area (Å²) in [7, 11) is -0.477. The molecule has 3 aromatic carbocycles. The van der Waals surface area contributed by atoms with Gasteiger partial charge >= 0.3 is 7.12 Å². The van der Waals surface area contributed by atoms with E-state index in [2.05, 4.69) is 58.0 Å². The second-order valence-corrected chi connectivity index (χ2v) is 8.45. The van der Waals surface area contributed by atoms with Crippen molar-refractivity contribution in [2.45, 2.75) is 45.5 Å². The molecule has 0 aliphatic carbocycles. The summed E-state index contributed by atoms with van der Waals surface area (Å²) in [5.41, 5.74) is 3.37. The molecule has 1 saturated heterocycles. The van der Waals surface area contributed by atoms with E-state index in [4.69, 9.17) is 14.0 Å². The number of hydrogen-bond acceptors (Lipinski definition) is 3. The molecule has 0 aromatic heterocycles. The lowest BCUT2D eigenvalue weighted by Gasteiger charge is -2.32. The van der Waals surface area contributed by atoms with Gasteiger partial charge in [-0.25, -0.2) is 0 Å². The summed E-state index contributed by atoms with van der Waals surface area (Å²) in [6.07, 6.45) is 0.